The molecule has 0 N–H and O–H groups in total. The van der Waals surface area contributed by atoms with Gasteiger partial charge in [-0.3, -0.25) is 0 Å². The van der Waals surface area contributed by atoms with Gasteiger partial charge in [-0.25, -0.2) is 0 Å². The maximum absolute atomic E-state index is 3.88. The first-order valence-corrected chi connectivity index (χ1v) is 5.00. The van der Waals surface area contributed by atoms with E-state index in [0.717, 1.165) is 0 Å². The Morgan fingerprint density at radius 1 is 1.07 bits per heavy atom. The zero-order valence-electron chi connectivity index (χ0n) is 9.30. The molecule has 0 unspecified atom stereocenters. The zero-order valence-corrected chi connectivity index (χ0v) is 9.30. The summed E-state index contributed by atoms with van der Waals surface area (Å²) in [5, 5.41) is 0. The van der Waals surface area contributed by atoms with Gasteiger partial charge in [-0.05, 0) is 35.1 Å². The minimum atomic E-state index is 0.530. The smallest absolute Gasteiger partial charge is 0.0153 e. The molecule has 0 aliphatic rings. The molecule has 1 aromatic carbocycles. The Balaban J connectivity index is 3.48. The summed E-state index contributed by atoms with van der Waals surface area (Å²) >= 11 is 0. The molecule has 0 amide bonds. The summed E-state index contributed by atoms with van der Waals surface area (Å²) in [7, 11) is 0. The van der Waals surface area contributed by atoms with Crippen LogP contribution in [0.4, 0.5) is 0 Å². The van der Waals surface area contributed by atoms with Gasteiger partial charge in [-0.1, -0.05) is 51.3 Å². The predicted molar refractivity (Wildman–Crippen MR) is 65.5 cm³/mol. The molecule has 0 heteroatoms. The van der Waals surface area contributed by atoms with E-state index in [1.165, 1.54) is 22.3 Å². The first-order valence-electron chi connectivity index (χ1n) is 5.00. The second kappa shape index (κ2) is 4.28. The quantitative estimate of drug-likeness (QED) is 0.656. The molecule has 0 aliphatic heterocycles. The number of hydrogen-bond acceptors (Lipinski definition) is 0. The van der Waals surface area contributed by atoms with Crippen molar-refractivity contribution < 1.29 is 0 Å². The number of aryl methyl sites for hydroxylation is 1. The molecular weight excluding hydrogens is 168 g/mol. The highest BCUT2D eigenvalue weighted by Crippen LogP contribution is 2.26. The third-order valence-electron chi connectivity index (χ3n) is 2.57. The Morgan fingerprint density at radius 2 is 1.64 bits per heavy atom. The maximum Gasteiger partial charge on any atom is -0.0153 e. The molecule has 0 heterocycles. The highest BCUT2D eigenvalue weighted by Gasteiger charge is 2.08. The van der Waals surface area contributed by atoms with E-state index in [2.05, 4.69) is 46.1 Å². The lowest BCUT2D eigenvalue weighted by Crippen LogP contribution is -1.96. The van der Waals surface area contributed by atoms with Crippen molar-refractivity contribution in [1.29, 1.82) is 0 Å². The molecule has 0 saturated carbocycles. The molecule has 0 aliphatic carbocycles. The molecule has 0 saturated heterocycles. The summed E-state index contributed by atoms with van der Waals surface area (Å²) in [4.78, 5) is 0. The van der Waals surface area contributed by atoms with E-state index in [-0.39, 0.29) is 0 Å². The average molecular weight is 186 g/mol. The van der Waals surface area contributed by atoms with Crippen LogP contribution in [-0.4, -0.2) is 0 Å². The standard InChI is InChI=1S/C14H18/c1-6-12-11(5)8-9-14(10(3)4)13(12)7-2/h6-10H,1-2H2,3-5H3. The first-order chi connectivity index (χ1) is 6.61. The van der Waals surface area contributed by atoms with Crippen LogP contribution in [0.2, 0.25) is 0 Å². The van der Waals surface area contributed by atoms with E-state index in [0.29, 0.717) is 5.92 Å². The normalized spacial score (nSPS) is 10.3. The van der Waals surface area contributed by atoms with Crippen molar-refractivity contribution in [1.82, 2.24) is 0 Å². The Kier molecular flexibility index (Phi) is 3.29. The molecule has 0 aromatic heterocycles. The second-order valence-corrected chi connectivity index (χ2v) is 3.86. The third kappa shape index (κ3) is 1.79. The van der Waals surface area contributed by atoms with Gasteiger partial charge in [0, 0.05) is 0 Å². The van der Waals surface area contributed by atoms with Crippen molar-refractivity contribution in [2.24, 2.45) is 0 Å². The Morgan fingerprint density at radius 3 is 2.07 bits per heavy atom. The van der Waals surface area contributed by atoms with Crippen molar-refractivity contribution >= 4 is 12.2 Å². The van der Waals surface area contributed by atoms with Gasteiger partial charge in [0.25, 0.3) is 0 Å². The van der Waals surface area contributed by atoms with Crippen LogP contribution in [0.3, 0.4) is 0 Å². The summed E-state index contributed by atoms with van der Waals surface area (Å²) in [5.41, 5.74) is 5.06. The van der Waals surface area contributed by atoms with Gasteiger partial charge >= 0.3 is 0 Å². The number of benzene rings is 1. The SMILES string of the molecule is C=Cc1c(C)ccc(C(C)C)c1C=C. The first kappa shape index (κ1) is 10.8. The van der Waals surface area contributed by atoms with E-state index in [1.54, 1.807) is 0 Å². The molecule has 1 aromatic rings. The van der Waals surface area contributed by atoms with E-state index in [1.807, 2.05) is 12.2 Å². The Bertz CT molecular complexity index is 357. The van der Waals surface area contributed by atoms with Gasteiger partial charge < -0.3 is 0 Å². The maximum atomic E-state index is 3.88. The fourth-order valence-corrected chi connectivity index (χ4v) is 1.76. The number of rotatable bonds is 3. The zero-order chi connectivity index (χ0) is 10.7. The molecule has 0 fully saturated rings. The molecule has 1 rings (SSSR count). The van der Waals surface area contributed by atoms with E-state index in [4.69, 9.17) is 0 Å². The van der Waals surface area contributed by atoms with E-state index < -0.39 is 0 Å². The largest absolute Gasteiger partial charge is 0.0984 e. The fraction of sp³-hybridized carbons (Fsp3) is 0.286. The summed E-state index contributed by atoms with van der Waals surface area (Å²) in [6.45, 7) is 14.2. The van der Waals surface area contributed by atoms with Crippen LogP contribution in [0.15, 0.2) is 25.3 Å². The fourth-order valence-electron chi connectivity index (χ4n) is 1.76. The topological polar surface area (TPSA) is 0 Å². The molecule has 0 bridgehead atoms. The van der Waals surface area contributed by atoms with E-state index in [9.17, 15) is 0 Å². The predicted octanol–water partition coefficient (Wildman–Crippen LogP) is 4.40. The summed E-state index contributed by atoms with van der Waals surface area (Å²) in [5.74, 6) is 0.530. The second-order valence-electron chi connectivity index (χ2n) is 3.86. The summed E-state index contributed by atoms with van der Waals surface area (Å²) in [6.07, 6.45) is 3.84. The molecule has 0 radical (unpaired) electrons. The van der Waals surface area contributed by atoms with Crippen molar-refractivity contribution in [3.05, 3.63) is 47.5 Å². The molecular formula is C14H18. The lowest BCUT2D eigenvalue weighted by molar-refractivity contribution is 0.862. The minimum Gasteiger partial charge on any atom is -0.0984 e. The van der Waals surface area contributed by atoms with E-state index >= 15 is 0 Å². The van der Waals surface area contributed by atoms with Crippen molar-refractivity contribution in [3.63, 3.8) is 0 Å². The highest BCUT2D eigenvalue weighted by molar-refractivity contribution is 5.69. The Labute approximate surface area is 87.0 Å². The van der Waals surface area contributed by atoms with Crippen LogP contribution in [-0.2, 0) is 0 Å². The average Bonchev–Trinajstić information content (AvgIpc) is 2.16. The van der Waals surface area contributed by atoms with Crippen molar-refractivity contribution in [2.45, 2.75) is 26.7 Å². The van der Waals surface area contributed by atoms with Crippen LogP contribution >= 0.6 is 0 Å². The van der Waals surface area contributed by atoms with Crippen LogP contribution in [0.25, 0.3) is 12.2 Å². The lowest BCUT2D eigenvalue weighted by Gasteiger charge is -2.14. The van der Waals surface area contributed by atoms with Crippen LogP contribution < -0.4 is 0 Å². The minimum absolute atomic E-state index is 0.530. The van der Waals surface area contributed by atoms with Gasteiger partial charge in [-0.2, -0.15) is 0 Å². The van der Waals surface area contributed by atoms with Gasteiger partial charge in [0.1, 0.15) is 0 Å². The van der Waals surface area contributed by atoms with Crippen LogP contribution in [0.1, 0.15) is 42.0 Å². The molecule has 14 heavy (non-hydrogen) atoms. The van der Waals surface area contributed by atoms with Crippen molar-refractivity contribution in [3.8, 4) is 0 Å². The highest BCUT2D eigenvalue weighted by atomic mass is 14.1. The summed E-state index contributed by atoms with van der Waals surface area (Å²) < 4.78 is 0. The molecule has 0 atom stereocenters. The molecule has 0 spiro atoms. The third-order valence-corrected chi connectivity index (χ3v) is 2.57. The van der Waals surface area contributed by atoms with Gasteiger partial charge in [0.15, 0.2) is 0 Å². The lowest BCUT2D eigenvalue weighted by atomic mass is 9.90. The number of hydrogen-bond donors (Lipinski definition) is 0. The van der Waals surface area contributed by atoms with Crippen LogP contribution in [0, 0.1) is 6.92 Å². The molecule has 0 nitrogen and oxygen atoms in total. The Hall–Kier alpha value is -1.30. The van der Waals surface area contributed by atoms with Gasteiger partial charge in [-0.15, -0.1) is 0 Å². The van der Waals surface area contributed by atoms with Gasteiger partial charge in [0.05, 0.1) is 0 Å². The summed E-state index contributed by atoms with van der Waals surface area (Å²) in [6, 6.07) is 4.34. The van der Waals surface area contributed by atoms with Crippen LogP contribution in [0.5, 0.6) is 0 Å². The monoisotopic (exact) mass is 186 g/mol. The molecule has 74 valence electrons. The van der Waals surface area contributed by atoms with Crippen molar-refractivity contribution in [2.75, 3.05) is 0 Å². The van der Waals surface area contributed by atoms with Gasteiger partial charge in [0.2, 0.25) is 0 Å².